The molecule has 0 N–H and O–H groups in total. The van der Waals surface area contributed by atoms with E-state index in [1.165, 1.54) is 122 Å². The quantitative estimate of drug-likeness (QED) is 0.0958. The molecule has 0 nitrogen and oxygen atoms in total. The number of hydrogen-bond donors (Lipinski definition) is 0. The fourth-order valence-electron chi connectivity index (χ4n) is 3.85. The standard InChI is InChI=1S/3C9H21P.Co.2HI/c3*1-4-7-10(8-5-2)9-6-3;;;/h3*4-9H2,1-3H3;;2*1H/q;;;+2;;/p-2. The second kappa shape index (κ2) is 42.3. The molecule has 0 radical (unpaired) electrons. The molecule has 0 saturated heterocycles. The third kappa shape index (κ3) is 42.6. The van der Waals surface area contributed by atoms with Gasteiger partial charge in [-0.2, -0.15) is 0 Å². The van der Waals surface area contributed by atoms with Crippen LogP contribution in [0.1, 0.15) is 120 Å². The zero-order valence-corrected chi connectivity index (χ0v) is 32.2. The van der Waals surface area contributed by atoms with Gasteiger partial charge in [-0.3, -0.25) is 0 Å². The molecule has 0 unspecified atom stereocenters. The number of halogens is 2. The molecule has 0 bridgehead atoms. The Labute approximate surface area is 246 Å². The maximum absolute atomic E-state index is 2.31. The van der Waals surface area contributed by atoms with Gasteiger partial charge in [0, 0.05) is 0 Å². The first-order chi connectivity index (χ1) is 16.0. The van der Waals surface area contributed by atoms with E-state index in [9.17, 15) is 0 Å². The van der Waals surface area contributed by atoms with Crippen LogP contribution < -0.4 is 0 Å². The summed E-state index contributed by atoms with van der Waals surface area (Å²) in [6.45, 7) is 20.8. The van der Waals surface area contributed by atoms with E-state index in [-0.39, 0.29) is 0 Å². The molecule has 0 aromatic carbocycles. The van der Waals surface area contributed by atoms with Crippen molar-refractivity contribution in [1.29, 1.82) is 0 Å². The Balaban J connectivity index is -0.000000180. The molecule has 0 aliphatic heterocycles. The van der Waals surface area contributed by atoms with Crippen molar-refractivity contribution in [2.24, 2.45) is 0 Å². The first-order valence-electron chi connectivity index (χ1n) is 14.0. The molecule has 0 heterocycles. The van der Waals surface area contributed by atoms with Crippen molar-refractivity contribution in [2.45, 2.75) is 120 Å². The molecule has 6 heteroatoms. The molecule has 0 aromatic heterocycles. The van der Waals surface area contributed by atoms with Gasteiger partial charge in [0.25, 0.3) is 0 Å². The normalized spacial score (nSPS) is 10.5. The van der Waals surface area contributed by atoms with Crippen LogP contribution in [0.4, 0.5) is 0 Å². The topological polar surface area (TPSA) is 0 Å². The monoisotopic (exact) mass is 793 g/mol. The van der Waals surface area contributed by atoms with Crippen LogP contribution >= 0.6 is 64.6 Å². The first kappa shape index (κ1) is 43.3. The second-order valence-electron chi connectivity index (χ2n) is 8.57. The van der Waals surface area contributed by atoms with Crippen molar-refractivity contribution in [3.05, 3.63) is 0 Å². The average molecular weight is 793 g/mol. The molecule has 0 amide bonds. The SMILES string of the molecule is CCCP(CCC)CCC.CCCP(CCC)CCC.CCCP(CCC)CCC.[I][Co][I]. The van der Waals surface area contributed by atoms with Crippen LogP contribution in [0.5, 0.6) is 0 Å². The van der Waals surface area contributed by atoms with E-state index < -0.39 is 0 Å². The molecule has 0 spiro atoms. The first-order valence-corrected chi connectivity index (χ1v) is 26.4. The van der Waals surface area contributed by atoms with Gasteiger partial charge in [-0.15, -0.1) is 23.8 Å². The molecule has 33 heavy (non-hydrogen) atoms. The minimum atomic E-state index is 0.439. The Kier molecular flexibility index (Phi) is 55.6. The van der Waals surface area contributed by atoms with Gasteiger partial charge in [-0.1, -0.05) is 120 Å². The van der Waals surface area contributed by atoms with Gasteiger partial charge in [0.1, 0.15) is 0 Å². The van der Waals surface area contributed by atoms with Gasteiger partial charge >= 0.3 is 49.1 Å². The van der Waals surface area contributed by atoms with Crippen LogP contribution in [-0.4, -0.2) is 55.5 Å². The summed E-state index contributed by atoms with van der Waals surface area (Å²) in [6.07, 6.45) is 26.1. The van der Waals surface area contributed by atoms with E-state index in [1.54, 1.807) is 0 Å². The van der Waals surface area contributed by atoms with E-state index in [0.717, 1.165) is 0 Å². The van der Waals surface area contributed by atoms with E-state index in [1.807, 2.05) is 0 Å². The van der Waals surface area contributed by atoms with Crippen LogP contribution in [0.25, 0.3) is 0 Å². The van der Waals surface area contributed by atoms with Crippen LogP contribution in [0.3, 0.4) is 0 Å². The zero-order chi connectivity index (χ0) is 26.2. The van der Waals surface area contributed by atoms with Gasteiger partial charge < -0.3 is 0 Å². The summed E-state index contributed by atoms with van der Waals surface area (Å²) in [4.78, 5) is 0. The second-order valence-corrected chi connectivity index (χ2v) is 25.4. The summed E-state index contributed by atoms with van der Waals surface area (Å²) in [5.41, 5.74) is 0. The van der Waals surface area contributed by atoms with Crippen LogP contribution in [0, 0.1) is 0 Å². The Morgan fingerprint density at radius 3 is 0.485 bits per heavy atom. The van der Waals surface area contributed by atoms with Gasteiger partial charge in [-0.25, -0.2) is 0 Å². The molecule has 0 rings (SSSR count). The number of hydrogen-bond acceptors (Lipinski definition) is 0. The van der Waals surface area contributed by atoms with Crippen LogP contribution in [0.15, 0.2) is 0 Å². The molecule has 0 aliphatic rings. The van der Waals surface area contributed by atoms with Crippen molar-refractivity contribution in [2.75, 3.05) is 55.5 Å². The molecular weight excluding hydrogens is 730 g/mol. The molecule has 0 fully saturated rings. The van der Waals surface area contributed by atoms with Crippen LogP contribution in [0.2, 0.25) is 0 Å². The Bertz CT molecular complexity index is 215. The third-order valence-corrected chi connectivity index (χ3v) is 14.6. The van der Waals surface area contributed by atoms with E-state index in [2.05, 4.69) is 103 Å². The Morgan fingerprint density at radius 1 is 0.333 bits per heavy atom. The van der Waals surface area contributed by atoms with Crippen LogP contribution in [-0.2, 0) is 8.26 Å². The Morgan fingerprint density at radius 2 is 0.424 bits per heavy atom. The van der Waals surface area contributed by atoms with Crippen molar-refractivity contribution in [1.82, 2.24) is 0 Å². The molecular formula is C27H63CoI2P3. The van der Waals surface area contributed by atoms with Crippen molar-refractivity contribution in [3.8, 4) is 0 Å². The van der Waals surface area contributed by atoms with Gasteiger partial charge in [0.15, 0.2) is 0 Å². The molecule has 0 saturated carbocycles. The summed E-state index contributed by atoms with van der Waals surface area (Å²) in [6, 6.07) is 0. The predicted molar refractivity (Wildman–Crippen MR) is 185 cm³/mol. The van der Waals surface area contributed by atoms with Gasteiger partial charge in [-0.05, 0) is 55.5 Å². The predicted octanol–water partition coefficient (Wildman–Crippen LogP) is 12.9. The molecule has 209 valence electrons. The Hall–Kier alpha value is 3.26. The average Bonchev–Trinajstić information content (AvgIpc) is 2.77. The summed E-state index contributed by atoms with van der Waals surface area (Å²) >= 11 is 4.49. The molecule has 0 atom stereocenters. The van der Waals surface area contributed by atoms with Crippen molar-refractivity contribution >= 4 is 64.6 Å². The minimum absolute atomic E-state index is 0.439. The molecule has 0 aromatic rings. The van der Waals surface area contributed by atoms with Crippen molar-refractivity contribution < 1.29 is 8.26 Å². The third-order valence-electron chi connectivity index (χ3n) is 4.86. The maximum atomic E-state index is 2.31. The zero-order valence-electron chi connectivity index (χ0n) is 24.2. The summed E-state index contributed by atoms with van der Waals surface area (Å²) in [5.74, 6) is 0. The van der Waals surface area contributed by atoms with Gasteiger partial charge in [0.2, 0.25) is 0 Å². The summed E-state index contributed by atoms with van der Waals surface area (Å²) in [5, 5.41) is 0. The van der Waals surface area contributed by atoms with Gasteiger partial charge in [0.05, 0.1) is 0 Å². The van der Waals surface area contributed by atoms with E-state index >= 15 is 0 Å². The number of rotatable bonds is 18. The van der Waals surface area contributed by atoms with E-state index in [4.69, 9.17) is 0 Å². The molecule has 0 aliphatic carbocycles. The van der Waals surface area contributed by atoms with Crippen molar-refractivity contribution in [3.63, 3.8) is 0 Å². The fraction of sp³-hybridized carbons (Fsp3) is 1.00. The fourth-order valence-corrected chi connectivity index (χ4v) is 11.6. The van der Waals surface area contributed by atoms with E-state index in [0.29, 0.717) is 23.8 Å². The summed E-state index contributed by atoms with van der Waals surface area (Å²) < 4.78 is 0. The summed E-state index contributed by atoms with van der Waals surface area (Å²) in [7, 11) is 2.69.